The maximum Gasteiger partial charge on any atom is 0.318 e. The van der Waals surface area contributed by atoms with Crippen LogP contribution in [0.4, 0.5) is 0 Å². The van der Waals surface area contributed by atoms with E-state index in [2.05, 4.69) is 0 Å². The van der Waals surface area contributed by atoms with Crippen LogP contribution < -0.4 is 0 Å². The van der Waals surface area contributed by atoms with Crippen molar-refractivity contribution in [2.75, 3.05) is 6.54 Å². The van der Waals surface area contributed by atoms with Crippen molar-refractivity contribution >= 4 is 38.9 Å². The van der Waals surface area contributed by atoms with E-state index < -0.39 is 28.6 Å². The number of hydrogen-bond acceptors (Lipinski definition) is 4. The molecule has 0 saturated carbocycles. The molecule has 0 atom stereocenters. The number of hydrogen-bond donors (Lipinski definition) is 1. The first-order chi connectivity index (χ1) is 7.76. The molecule has 17 heavy (non-hydrogen) atoms. The van der Waals surface area contributed by atoms with Crippen LogP contribution in [-0.2, 0) is 14.8 Å². The Bertz CT molecular complexity index is 509. The lowest BCUT2D eigenvalue weighted by molar-refractivity contribution is -0.137. The lowest BCUT2D eigenvalue weighted by Gasteiger charge is -2.23. The van der Waals surface area contributed by atoms with E-state index in [4.69, 9.17) is 16.7 Å². The Hall–Kier alpha value is -0.630. The minimum absolute atomic E-state index is 0.0193. The summed E-state index contributed by atoms with van der Waals surface area (Å²) < 4.78 is 25.3. The van der Waals surface area contributed by atoms with Gasteiger partial charge in [-0.2, -0.15) is 4.31 Å². The number of sulfonamides is 1. The summed E-state index contributed by atoms with van der Waals surface area (Å²) in [5.41, 5.74) is 0. The van der Waals surface area contributed by atoms with Crippen molar-refractivity contribution < 1.29 is 18.3 Å². The molecule has 0 aliphatic rings. The third-order valence-corrected chi connectivity index (χ3v) is 6.02. The normalized spacial score (nSPS) is 12.3. The summed E-state index contributed by atoms with van der Waals surface area (Å²) in [4.78, 5) is 10.7. The zero-order chi connectivity index (χ0) is 13.2. The van der Waals surface area contributed by atoms with Gasteiger partial charge in [-0.25, -0.2) is 8.42 Å². The average molecular weight is 298 g/mol. The molecule has 0 amide bonds. The lowest BCUT2D eigenvalue weighted by Crippen LogP contribution is -2.40. The molecule has 96 valence electrons. The van der Waals surface area contributed by atoms with Crippen LogP contribution in [0, 0.1) is 0 Å². The Morgan fingerprint density at radius 2 is 2.18 bits per heavy atom. The maximum absolute atomic E-state index is 12.2. The molecule has 0 aliphatic carbocycles. The predicted molar refractivity (Wildman–Crippen MR) is 66.0 cm³/mol. The van der Waals surface area contributed by atoms with Crippen LogP contribution in [0.5, 0.6) is 0 Å². The van der Waals surface area contributed by atoms with Crippen molar-refractivity contribution in [1.82, 2.24) is 4.31 Å². The molecular weight excluding hydrogens is 286 g/mol. The van der Waals surface area contributed by atoms with Gasteiger partial charge in [0.2, 0.25) is 0 Å². The highest BCUT2D eigenvalue weighted by atomic mass is 35.5. The number of carbonyl (C=O) groups is 1. The van der Waals surface area contributed by atoms with Gasteiger partial charge >= 0.3 is 5.97 Å². The highest BCUT2D eigenvalue weighted by Crippen LogP contribution is 2.30. The fraction of sp³-hybridized carbons (Fsp3) is 0.444. The van der Waals surface area contributed by atoms with Gasteiger partial charge in [-0.05, 0) is 25.3 Å². The summed E-state index contributed by atoms with van der Waals surface area (Å²) in [6.45, 7) is 2.65. The standard InChI is InChI=1S/C9H12ClNO4S2/c1-6(2)11(5-8(12)13)17(14,15)9-7(10)3-4-16-9/h3-4,6H,5H2,1-2H3,(H,12,13). The molecule has 5 nitrogen and oxygen atoms in total. The third kappa shape index (κ3) is 3.19. The van der Waals surface area contributed by atoms with Gasteiger partial charge in [0.15, 0.2) is 4.21 Å². The summed E-state index contributed by atoms with van der Waals surface area (Å²) in [5, 5.41) is 10.4. The Labute approximate surface area is 109 Å². The highest BCUT2D eigenvalue weighted by Gasteiger charge is 2.31. The molecule has 1 N–H and O–H groups in total. The van der Waals surface area contributed by atoms with Gasteiger partial charge in [-0.15, -0.1) is 11.3 Å². The predicted octanol–water partition coefficient (Wildman–Crippen LogP) is 1.89. The van der Waals surface area contributed by atoms with Gasteiger partial charge in [0.1, 0.15) is 6.54 Å². The van der Waals surface area contributed by atoms with Crippen molar-refractivity contribution in [3.8, 4) is 0 Å². The smallest absolute Gasteiger partial charge is 0.318 e. The van der Waals surface area contributed by atoms with Crippen LogP contribution in [0.25, 0.3) is 0 Å². The number of halogens is 1. The number of rotatable bonds is 5. The molecule has 0 aromatic carbocycles. The van der Waals surface area contributed by atoms with Gasteiger partial charge in [-0.3, -0.25) is 4.79 Å². The van der Waals surface area contributed by atoms with Gasteiger partial charge in [-0.1, -0.05) is 11.6 Å². The molecule has 1 aromatic heterocycles. The van der Waals surface area contributed by atoms with Crippen LogP contribution in [0.15, 0.2) is 15.7 Å². The van der Waals surface area contributed by atoms with Crippen molar-refractivity contribution in [2.45, 2.75) is 24.1 Å². The van der Waals surface area contributed by atoms with Crippen LogP contribution in [0.2, 0.25) is 5.02 Å². The van der Waals surface area contributed by atoms with E-state index in [1.165, 1.54) is 6.07 Å². The first-order valence-electron chi connectivity index (χ1n) is 4.73. The molecule has 0 bridgehead atoms. The van der Waals surface area contributed by atoms with Crippen molar-refractivity contribution in [1.29, 1.82) is 0 Å². The Balaban J connectivity index is 3.18. The van der Waals surface area contributed by atoms with E-state index in [1.54, 1.807) is 19.2 Å². The summed E-state index contributed by atoms with van der Waals surface area (Å²) in [6.07, 6.45) is 0. The SMILES string of the molecule is CC(C)N(CC(=O)O)S(=O)(=O)c1sccc1Cl. The molecule has 1 aromatic rings. The second-order valence-corrected chi connectivity index (χ2v) is 7.00. The first-order valence-corrected chi connectivity index (χ1v) is 7.43. The third-order valence-electron chi connectivity index (χ3n) is 1.99. The van der Waals surface area contributed by atoms with E-state index in [0.29, 0.717) is 0 Å². The summed E-state index contributed by atoms with van der Waals surface area (Å²) in [7, 11) is -3.84. The topological polar surface area (TPSA) is 74.7 Å². The molecule has 0 aliphatic heterocycles. The molecule has 1 rings (SSSR count). The molecule has 0 saturated heterocycles. The van der Waals surface area contributed by atoms with Crippen LogP contribution in [0.1, 0.15) is 13.8 Å². The molecule has 0 radical (unpaired) electrons. The van der Waals surface area contributed by atoms with Crippen molar-refractivity contribution in [3.05, 3.63) is 16.5 Å². The van der Waals surface area contributed by atoms with Crippen LogP contribution >= 0.6 is 22.9 Å². The van der Waals surface area contributed by atoms with E-state index >= 15 is 0 Å². The molecule has 8 heteroatoms. The van der Waals surface area contributed by atoms with Crippen LogP contribution in [0.3, 0.4) is 0 Å². The van der Waals surface area contributed by atoms with Gasteiger partial charge in [0.05, 0.1) is 5.02 Å². The van der Waals surface area contributed by atoms with Crippen LogP contribution in [-0.4, -0.2) is 36.4 Å². The Morgan fingerprint density at radius 3 is 2.53 bits per heavy atom. The molecule has 0 fully saturated rings. The number of nitrogens with zero attached hydrogens (tertiary/aromatic N) is 1. The fourth-order valence-corrected chi connectivity index (χ4v) is 4.62. The van der Waals surface area contributed by atoms with E-state index in [9.17, 15) is 13.2 Å². The van der Waals surface area contributed by atoms with Crippen molar-refractivity contribution in [3.63, 3.8) is 0 Å². The quantitative estimate of drug-likeness (QED) is 0.900. The summed E-state index contributed by atoms with van der Waals surface area (Å²) in [6, 6.07) is 1.02. The van der Waals surface area contributed by atoms with E-state index in [1.807, 2.05) is 0 Å². The lowest BCUT2D eigenvalue weighted by atomic mass is 10.4. The zero-order valence-corrected chi connectivity index (χ0v) is 11.6. The van der Waals surface area contributed by atoms with Gasteiger partial charge in [0, 0.05) is 6.04 Å². The largest absolute Gasteiger partial charge is 0.480 e. The molecule has 0 unspecified atom stereocenters. The Kier molecular flexibility index (Phi) is 4.54. The van der Waals surface area contributed by atoms with Gasteiger partial charge in [0.25, 0.3) is 10.0 Å². The second kappa shape index (κ2) is 5.34. The molecule has 0 spiro atoms. The minimum Gasteiger partial charge on any atom is -0.480 e. The summed E-state index contributed by atoms with van der Waals surface area (Å²) in [5.74, 6) is -1.20. The van der Waals surface area contributed by atoms with Crippen molar-refractivity contribution in [2.24, 2.45) is 0 Å². The monoisotopic (exact) mass is 297 g/mol. The number of carboxylic acid groups (broad SMARTS) is 1. The fourth-order valence-electron chi connectivity index (χ4n) is 1.25. The maximum atomic E-state index is 12.2. The van der Waals surface area contributed by atoms with E-state index in [0.717, 1.165) is 15.6 Å². The summed E-state index contributed by atoms with van der Waals surface area (Å²) >= 11 is 6.74. The minimum atomic E-state index is -3.84. The molecule has 1 heterocycles. The molecular formula is C9H12ClNO4S2. The second-order valence-electron chi connectivity index (χ2n) is 3.59. The first kappa shape index (κ1) is 14.4. The van der Waals surface area contributed by atoms with E-state index in [-0.39, 0.29) is 9.23 Å². The number of carboxylic acids is 1. The number of aliphatic carboxylic acids is 1. The van der Waals surface area contributed by atoms with Gasteiger partial charge < -0.3 is 5.11 Å². The Morgan fingerprint density at radius 1 is 1.59 bits per heavy atom. The number of thiophene rings is 1. The highest BCUT2D eigenvalue weighted by molar-refractivity contribution is 7.91. The zero-order valence-electron chi connectivity index (χ0n) is 9.25. The average Bonchev–Trinajstić information content (AvgIpc) is 2.60.